The highest BCUT2D eigenvalue weighted by Crippen LogP contribution is 2.23. The number of hydrogen-bond donors (Lipinski definition) is 0. The number of pyridine rings is 1. The normalized spacial score (nSPS) is 11.9. The van der Waals surface area contributed by atoms with Crippen LogP contribution in [0.15, 0.2) is 99.0 Å². The third kappa shape index (κ3) is 5.44. The van der Waals surface area contributed by atoms with Crippen LogP contribution in [0.3, 0.4) is 0 Å². The highest BCUT2D eigenvalue weighted by atomic mass is 32.2. The molecule has 0 amide bonds. The lowest BCUT2D eigenvalue weighted by atomic mass is 10.1. The number of para-hydroxylation sites is 2. The Bertz CT molecular complexity index is 1680. The fourth-order valence-electron chi connectivity index (χ4n) is 3.91. The van der Waals surface area contributed by atoms with Crippen LogP contribution in [0, 0.1) is 0 Å². The lowest BCUT2D eigenvalue weighted by Crippen LogP contribution is -2.11. The van der Waals surface area contributed by atoms with Crippen LogP contribution in [0.5, 0.6) is 5.75 Å². The van der Waals surface area contributed by atoms with Crippen LogP contribution in [-0.4, -0.2) is 21.8 Å². The Kier molecular flexibility index (Phi) is 7.09. The molecule has 1 atom stereocenters. The van der Waals surface area contributed by atoms with Crippen LogP contribution >= 0.6 is 0 Å². The van der Waals surface area contributed by atoms with Crippen molar-refractivity contribution in [2.45, 2.75) is 24.2 Å². The van der Waals surface area contributed by atoms with Gasteiger partial charge in [-0.2, -0.15) is 0 Å². The summed E-state index contributed by atoms with van der Waals surface area (Å²) in [5.41, 5.74) is 2.15. The van der Waals surface area contributed by atoms with Crippen LogP contribution in [0.2, 0.25) is 0 Å². The molecule has 1 unspecified atom stereocenters. The summed E-state index contributed by atoms with van der Waals surface area (Å²) < 4.78 is 29.7. The van der Waals surface area contributed by atoms with E-state index in [1.807, 2.05) is 36.4 Å². The first-order valence-electron chi connectivity index (χ1n) is 11.7. The zero-order valence-corrected chi connectivity index (χ0v) is 20.8. The molecule has 0 saturated heterocycles. The summed E-state index contributed by atoms with van der Waals surface area (Å²) >= 11 is 0. The summed E-state index contributed by atoms with van der Waals surface area (Å²) in [4.78, 5) is 29.8. The predicted molar refractivity (Wildman–Crippen MR) is 141 cm³/mol. The molecule has 0 fully saturated rings. The molecule has 0 aliphatic heterocycles. The second kappa shape index (κ2) is 10.8. The topological polar surface area (TPSA) is 95.7 Å². The number of esters is 1. The van der Waals surface area contributed by atoms with Gasteiger partial charge in [0.25, 0.3) is 0 Å². The zero-order chi connectivity index (χ0) is 25.8. The summed E-state index contributed by atoms with van der Waals surface area (Å²) in [5.74, 6) is -0.161. The second-order valence-electron chi connectivity index (χ2n) is 8.23. The molecule has 0 aliphatic rings. The molecule has 0 radical (unpaired) electrons. The molecule has 2 aromatic heterocycles. The van der Waals surface area contributed by atoms with E-state index in [9.17, 15) is 13.8 Å². The average Bonchev–Trinajstić information content (AvgIpc) is 2.92. The molecule has 37 heavy (non-hydrogen) atoms. The van der Waals surface area contributed by atoms with Crippen molar-refractivity contribution in [1.29, 1.82) is 0 Å². The molecule has 2 heterocycles. The van der Waals surface area contributed by atoms with Gasteiger partial charge in [0.05, 0.1) is 39.8 Å². The Balaban J connectivity index is 1.30. The van der Waals surface area contributed by atoms with E-state index in [2.05, 4.69) is 4.98 Å². The third-order valence-corrected chi connectivity index (χ3v) is 7.10. The average molecular weight is 514 g/mol. The smallest absolute Gasteiger partial charge is 0.374 e. The van der Waals surface area contributed by atoms with E-state index in [1.165, 1.54) is 0 Å². The fourth-order valence-corrected chi connectivity index (χ4v) is 5.03. The van der Waals surface area contributed by atoms with E-state index in [4.69, 9.17) is 13.9 Å². The van der Waals surface area contributed by atoms with Crippen LogP contribution in [0.25, 0.3) is 21.9 Å². The molecule has 5 rings (SSSR count). The van der Waals surface area contributed by atoms with Gasteiger partial charge in [0.15, 0.2) is 5.43 Å². The maximum atomic E-state index is 13.1. The number of fused-ring (bicyclic) bond motifs is 2. The number of nitrogens with zero attached hydrogens (tertiary/aromatic N) is 1. The van der Waals surface area contributed by atoms with Crippen molar-refractivity contribution in [1.82, 2.24) is 4.98 Å². The maximum absolute atomic E-state index is 13.1. The van der Waals surface area contributed by atoms with Crippen molar-refractivity contribution in [2.24, 2.45) is 0 Å². The largest absolute Gasteiger partial charge is 0.487 e. The SMILES string of the molecule is CCOC(=O)c1cc(=O)c2cccc(CS(=O)c3ccc(OCc4ccc5ccccc5n4)cc3)c2o1. The van der Waals surface area contributed by atoms with Crippen LogP contribution in [0.1, 0.15) is 28.7 Å². The van der Waals surface area contributed by atoms with Gasteiger partial charge in [0.2, 0.25) is 5.76 Å². The van der Waals surface area contributed by atoms with Gasteiger partial charge in [-0.25, -0.2) is 9.78 Å². The molecule has 0 saturated carbocycles. The number of aromatic nitrogens is 1. The van der Waals surface area contributed by atoms with Gasteiger partial charge in [-0.05, 0) is 49.4 Å². The van der Waals surface area contributed by atoms with E-state index in [0.717, 1.165) is 22.7 Å². The van der Waals surface area contributed by atoms with Gasteiger partial charge in [-0.15, -0.1) is 0 Å². The molecule has 0 bridgehead atoms. The van der Waals surface area contributed by atoms with E-state index in [0.29, 0.717) is 28.2 Å². The number of hydrogen-bond acceptors (Lipinski definition) is 7. The van der Waals surface area contributed by atoms with E-state index >= 15 is 0 Å². The number of carbonyl (C=O) groups excluding carboxylic acids is 1. The van der Waals surface area contributed by atoms with Crippen molar-refractivity contribution in [3.8, 4) is 5.75 Å². The van der Waals surface area contributed by atoms with Gasteiger partial charge < -0.3 is 13.9 Å². The van der Waals surface area contributed by atoms with Crippen molar-refractivity contribution >= 4 is 38.6 Å². The Morgan fingerprint density at radius 1 is 0.973 bits per heavy atom. The molecular weight excluding hydrogens is 490 g/mol. The highest BCUT2D eigenvalue weighted by Gasteiger charge is 2.17. The van der Waals surface area contributed by atoms with Crippen molar-refractivity contribution in [3.05, 3.63) is 112 Å². The molecule has 5 aromatic rings. The summed E-state index contributed by atoms with van der Waals surface area (Å²) in [7, 11) is -1.43. The predicted octanol–water partition coefficient (Wildman–Crippen LogP) is 5.40. The summed E-state index contributed by atoms with van der Waals surface area (Å²) in [6, 6.07) is 25.0. The van der Waals surface area contributed by atoms with Gasteiger partial charge >= 0.3 is 5.97 Å². The Morgan fingerprint density at radius 2 is 1.78 bits per heavy atom. The number of carbonyl (C=O) groups is 1. The standard InChI is InChI=1S/C29H23NO6S/c1-2-34-29(32)27-16-26(31)24-8-5-7-20(28(24)36-27)18-37(33)23-14-12-22(13-15-23)35-17-21-11-10-19-6-3-4-9-25(19)30-21/h3-16H,2,17-18H2,1H3. The third-order valence-electron chi connectivity index (χ3n) is 5.73. The van der Waals surface area contributed by atoms with Crippen LogP contribution < -0.4 is 10.2 Å². The van der Waals surface area contributed by atoms with E-state index in [1.54, 1.807) is 49.4 Å². The quantitative estimate of drug-likeness (QED) is 0.256. The van der Waals surface area contributed by atoms with Gasteiger partial charge in [0.1, 0.15) is 17.9 Å². The lowest BCUT2D eigenvalue weighted by molar-refractivity contribution is 0.0490. The monoisotopic (exact) mass is 513 g/mol. The molecule has 3 aromatic carbocycles. The summed E-state index contributed by atoms with van der Waals surface area (Å²) in [6.07, 6.45) is 0. The Hall–Kier alpha value is -4.30. The van der Waals surface area contributed by atoms with Crippen LogP contribution in [-0.2, 0) is 27.9 Å². The number of ether oxygens (including phenoxy) is 2. The van der Waals surface area contributed by atoms with Crippen molar-refractivity contribution < 1.29 is 22.9 Å². The first-order valence-corrected chi connectivity index (χ1v) is 13.0. The first-order chi connectivity index (χ1) is 18.0. The molecule has 0 spiro atoms. The van der Waals surface area contributed by atoms with Gasteiger partial charge in [-0.1, -0.05) is 36.4 Å². The van der Waals surface area contributed by atoms with Gasteiger partial charge in [0, 0.05) is 21.9 Å². The fraction of sp³-hybridized carbons (Fsp3) is 0.138. The molecular formula is C29H23NO6S. The Labute approximate surface area is 215 Å². The zero-order valence-electron chi connectivity index (χ0n) is 20.0. The van der Waals surface area contributed by atoms with E-state index in [-0.39, 0.29) is 29.1 Å². The lowest BCUT2D eigenvalue weighted by Gasteiger charge is -2.09. The highest BCUT2D eigenvalue weighted by molar-refractivity contribution is 7.84. The van der Waals surface area contributed by atoms with E-state index < -0.39 is 16.8 Å². The minimum absolute atomic E-state index is 0.105. The minimum atomic E-state index is -1.43. The minimum Gasteiger partial charge on any atom is -0.487 e. The van der Waals surface area contributed by atoms with Gasteiger partial charge in [-0.3, -0.25) is 9.00 Å². The second-order valence-corrected chi connectivity index (χ2v) is 9.69. The molecule has 0 N–H and O–H groups in total. The molecule has 8 heteroatoms. The number of rotatable bonds is 8. The number of benzene rings is 3. The Morgan fingerprint density at radius 3 is 2.59 bits per heavy atom. The molecule has 0 aliphatic carbocycles. The summed E-state index contributed by atoms with van der Waals surface area (Å²) in [6.45, 7) is 2.14. The first kappa shape index (κ1) is 24.4. The van der Waals surface area contributed by atoms with Crippen LogP contribution in [0.4, 0.5) is 0 Å². The maximum Gasteiger partial charge on any atom is 0.374 e. The molecule has 186 valence electrons. The van der Waals surface area contributed by atoms with Crippen molar-refractivity contribution in [3.63, 3.8) is 0 Å². The summed E-state index contributed by atoms with van der Waals surface area (Å²) in [5, 5.41) is 1.38. The molecule has 7 nitrogen and oxygen atoms in total. The van der Waals surface area contributed by atoms with Crippen molar-refractivity contribution in [2.75, 3.05) is 6.61 Å².